The summed E-state index contributed by atoms with van der Waals surface area (Å²) in [4.78, 5) is 0. The fraction of sp³-hybridized carbons (Fsp3) is 0.600. The maximum Gasteiger partial charge on any atom is 0.137 e. The highest BCUT2D eigenvalue weighted by atomic mass is 79.9. The molecular weight excluding hydrogens is 323 g/mol. The Bertz CT molecular complexity index is 505. The maximum atomic E-state index is 13.4. The largest absolute Gasteiger partial charge is 0.369 e. The summed E-state index contributed by atoms with van der Waals surface area (Å²) in [5.41, 5.74) is 3.37. The van der Waals surface area contributed by atoms with E-state index in [2.05, 4.69) is 49.1 Å². The molecule has 0 aliphatic carbocycles. The van der Waals surface area contributed by atoms with Crippen molar-refractivity contribution in [2.45, 2.75) is 51.4 Å². The van der Waals surface area contributed by atoms with E-state index in [-0.39, 0.29) is 29.0 Å². The first kappa shape index (κ1) is 15.9. The van der Waals surface area contributed by atoms with Crippen molar-refractivity contribution < 1.29 is 9.13 Å². The minimum atomic E-state index is -0.290. The molecule has 0 spiro atoms. The van der Waals surface area contributed by atoms with Gasteiger partial charge in [-0.15, -0.1) is 0 Å². The standard InChI is InChI=1S/C15H22BrFN2O/c1-14(2)8-10(15(3,4)20-14)13(19-18)9-5-6-12(17)11(16)7-9/h5-7,10,13,19H,8,18H2,1-4H3. The van der Waals surface area contributed by atoms with E-state index < -0.39 is 0 Å². The van der Waals surface area contributed by atoms with Gasteiger partial charge < -0.3 is 4.74 Å². The van der Waals surface area contributed by atoms with E-state index in [1.54, 1.807) is 12.1 Å². The zero-order valence-electron chi connectivity index (χ0n) is 12.3. The zero-order valence-corrected chi connectivity index (χ0v) is 13.9. The molecule has 0 saturated carbocycles. The van der Waals surface area contributed by atoms with Crippen molar-refractivity contribution in [1.82, 2.24) is 5.43 Å². The SMILES string of the molecule is CC1(C)CC(C(NN)c2ccc(F)c(Br)c2)C(C)(C)O1. The second kappa shape index (κ2) is 5.37. The Morgan fingerprint density at radius 3 is 2.50 bits per heavy atom. The predicted molar refractivity (Wildman–Crippen MR) is 81.5 cm³/mol. The van der Waals surface area contributed by atoms with E-state index in [0.29, 0.717) is 4.47 Å². The van der Waals surface area contributed by atoms with Gasteiger partial charge in [0.15, 0.2) is 0 Å². The van der Waals surface area contributed by atoms with E-state index in [1.807, 2.05) is 0 Å². The van der Waals surface area contributed by atoms with Crippen LogP contribution in [0.4, 0.5) is 4.39 Å². The number of ether oxygens (including phenoxy) is 1. The molecule has 2 rings (SSSR count). The molecule has 112 valence electrons. The lowest BCUT2D eigenvalue weighted by molar-refractivity contribution is -0.0779. The summed E-state index contributed by atoms with van der Waals surface area (Å²) < 4.78 is 20.0. The molecule has 1 fully saturated rings. The van der Waals surface area contributed by atoms with Crippen LogP contribution < -0.4 is 11.3 Å². The molecule has 5 heteroatoms. The van der Waals surface area contributed by atoms with Crippen molar-refractivity contribution in [1.29, 1.82) is 0 Å². The van der Waals surface area contributed by atoms with Gasteiger partial charge in [0.1, 0.15) is 5.82 Å². The highest BCUT2D eigenvalue weighted by Gasteiger charge is 2.49. The summed E-state index contributed by atoms with van der Waals surface area (Å²) in [5.74, 6) is 5.70. The second-order valence-electron chi connectivity index (χ2n) is 6.59. The van der Waals surface area contributed by atoms with Gasteiger partial charge in [-0.1, -0.05) is 6.07 Å². The highest BCUT2D eigenvalue weighted by Crippen LogP contribution is 2.47. The number of nitrogens with one attached hydrogen (secondary N) is 1. The van der Waals surface area contributed by atoms with Crippen LogP contribution in [-0.2, 0) is 4.74 Å². The quantitative estimate of drug-likeness (QED) is 0.649. The molecule has 3 N–H and O–H groups in total. The van der Waals surface area contributed by atoms with Crippen molar-refractivity contribution in [2.75, 3.05) is 0 Å². The lowest BCUT2D eigenvalue weighted by Gasteiger charge is -2.33. The van der Waals surface area contributed by atoms with Gasteiger partial charge in [-0.25, -0.2) is 4.39 Å². The van der Waals surface area contributed by atoms with E-state index in [9.17, 15) is 4.39 Å². The Labute approximate surface area is 128 Å². The Balaban J connectivity index is 2.35. The number of hydrogen-bond acceptors (Lipinski definition) is 3. The molecule has 1 heterocycles. The number of hydrogen-bond donors (Lipinski definition) is 2. The fourth-order valence-corrected chi connectivity index (χ4v) is 3.67. The van der Waals surface area contributed by atoms with E-state index in [4.69, 9.17) is 10.6 Å². The number of nitrogens with two attached hydrogens (primary N) is 1. The molecule has 0 aromatic heterocycles. The van der Waals surface area contributed by atoms with Crippen molar-refractivity contribution >= 4 is 15.9 Å². The van der Waals surface area contributed by atoms with Crippen LogP contribution in [0.2, 0.25) is 0 Å². The maximum absolute atomic E-state index is 13.4. The van der Waals surface area contributed by atoms with Crippen molar-refractivity contribution in [2.24, 2.45) is 11.8 Å². The molecular formula is C15H22BrFN2O. The highest BCUT2D eigenvalue weighted by molar-refractivity contribution is 9.10. The van der Waals surface area contributed by atoms with Crippen LogP contribution in [0.5, 0.6) is 0 Å². The van der Waals surface area contributed by atoms with Gasteiger partial charge in [0.05, 0.1) is 21.7 Å². The van der Waals surface area contributed by atoms with Gasteiger partial charge in [-0.05, 0) is 67.7 Å². The van der Waals surface area contributed by atoms with Gasteiger partial charge in [0.2, 0.25) is 0 Å². The summed E-state index contributed by atoms with van der Waals surface area (Å²) in [7, 11) is 0. The minimum absolute atomic E-state index is 0.0799. The monoisotopic (exact) mass is 344 g/mol. The molecule has 1 saturated heterocycles. The molecule has 1 aromatic rings. The van der Waals surface area contributed by atoms with Gasteiger partial charge in [-0.3, -0.25) is 11.3 Å². The molecule has 20 heavy (non-hydrogen) atoms. The lowest BCUT2D eigenvalue weighted by Crippen LogP contribution is -2.41. The first-order valence-electron chi connectivity index (χ1n) is 6.77. The van der Waals surface area contributed by atoms with Crippen LogP contribution in [0.1, 0.15) is 45.7 Å². The third-order valence-electron chi connectivity index (χ3n) is 4.03. The first-order valence-corrected chi connectivity index (χ1v) is 7.57. The van der Waals surface area contributed by atoms with E-state index in [1.165, 1.54) is 6.07 Å². The van der Waals surface area contributed by atoms with Crippen LogP contribution in [0.3, 0.4) is 0 Å². The third kappa shape index (κ3) is 3.06. The lowest BCUT2D eigenvalue weighted by atomic mass is 9.79. The normalized spacial score (nSPS) is 25.6. The van der Waals surface area contributed by atoms with Crippen molar-refractivity contribution in [3.63, 3.8) is 0 Å². The van der Waals surface area contributed by atoms with E-state index in [0.717, 1.165) is 12.0 Å². The zero-order chi connectivity index (χ0) is 15.1. The molecule has 1 aliphatic rings. The third-order valence-corrected chi connectivity index (χ3v) is 4.64. The van der Waals surface area contributed by atoms with Crippen LogP contribution in [-0.4, -0.2) is 11.2 Å². The van der Waals surface area contributed by atoms with Crippen molar-refractivity contribution in [3.8, 4) is 0 Å². The average molecular weight is 345 g/mol. The van der Waals surface area contributed by atoms with E-state index >= 15 is 0 Å². The average Bonchev–Trinajstić information content (AvgIpc) is 2.53. The molecule has 0 bridgehead atoms. The Morgan fingerprint density at radius 2 is 2.05 bits per heavy atom. The summed E-state index contributed by atoms with van der Waals surface area (Å²) >= 11 is 3.23. The van der Waals surface area contributed by atoms with Gasteiger partial charge in [0, 0.05) is 5.92 Å². The molecule has 3 nitrogen and oxygen atoms in total. The predicted octanol–water partition coefficient (Wildman–Crippen LogP) is 3.69. The molecule has 2 atom stereocenters. The molecule has 0 radical (unpaired) electrons. The van der Waals surface area contributed by atoms with Crippen molar-refractivity contribution in [3.05, 3.63) is 34.1 Å². The van der Waals surface area contributed by atoms with Crippen LogP contribution in [0.25, 0.3) is 0 Å². The second-order valence-corrected chi connectivity index (χ2v) is 7.45. The molecule has 2 unspecified atom stereocenters. The summed E-state index contributed by atoms with van der Waals surface area (Å²) in [6, 6.07) is 4.93. The number of rotatable bonds is 3. The summed E-state index contributed by atoms with van der Waals surface area (Å²) in [6.07, 6.45) is 0.893. The Kier molecular flexibility index (Phi) is 4.27. The number of benzene rings is 1. The summed E-state index contributed by atoms with van der Waals surface area (Å²) in [6.45, 7) is 8.33. The smallest absolute Gasteiger partial charge is 0.137 e. The minimum Gasteiger partial charge on any atom is -0.369 e. The van der Waals surface area contributed by atoms with Gasteiger partial charge in [-0.2, -0.15) is 0 Å². The first-order chi connectivity index (χ1) is 9.16. The molecule has 0 amide bonds. The fourth-order valence-electron chi connectivity index (χ4n) is 3.27. The van der Waals surface area contributed by atoms with Crippen LogP contribution in [0, 0.1) is 11.7 Å². The van der Waals surface area contributed by atoms with Gasteiger partial charge in [0.25, 0.3) is 0 Å². The molecule has 1 aliphatic heterocycles. The van der Waals surface area contributed by atoms with Gasteiger partial charge >= 0.3 is 0 Å². The Hall–Kier alpha value is -0.490. The summed E-state index contributed by atoms with van der Waals surface area (Å²) in [5, 5.41) is 0. The number of halogens is 2. The van der Waals surface area contributed by atoms with Crippen LogP contribution >= 0.6 is 15.9 Å². The van der Waals surface area contributed by atoms with Crippen LogP contribution in [0.15, 0.2) is 22.7 Å². The number of hydrazine groups is 1. The molecule has 1 aromatic carbocycles. The Morgan fingerprint density at radius 1 is 1.40 bits per heavy atom. The topological polar surface area (TPSA) is 47.3 Å².